The number of nitrogens with one attached hydrogen (secondary N) is 1. The molecule has 1 heterocycles. The smallest absolute Gasteiger partial charge is 0.240 e. The summed E-state index contributed by atoms with van der Waals surface area (Å²) in [4.78, 5) is 0.214. The van der Waals surface area contributed by atoms with Crippen LogP contribution in [0.15, 0.2) is 47.4 Å². The maximum Gasteiger partial charge on any atom is 0.240 e. The van der Waals surface area contributed by atoms with Crippen LogP contribution < -0.4 is 14.2 Å². The number of aliphatic hydroxyl groups excluding tert-OH is 1. The van der Waals surface area contributed by atoms with Gasteiger partial charge in [0.25, 0.3) is 0 Å². The van der Waals surface area contributed by atoms with Crippen molar-refractivity contribution < 1.29 is 23.0 Å². The maximum absolute atomic E-state index is 12.2. The van der Waals surface area contributed by atoms with Crippen molar-refractivity contribution >= 4 is 10.0 Å². The van der Waals surface area contributed by atoms with Gasteiger partial charge < -0.3 is 14.6 Å². The fraction of sp³-hybridized carbons (Fsp3) is 0.294. The predicted molar refractivity (Wildman–Crippen MR) is 88.5 cm³/mol. The van der Waals surface area contributed by atoms with Crippen LogP contribution in [0.4, 0.5) is 0 Å². The Bertz CT molecular complexity index is 817. The molecule has 0 spiro atoms. The third-order valence-corrected chi connectivity index (χ3v) is 5.30. The summed E-state index contributed by atoms with van der Waals surface area (Å²) in [7, 11) is -3.57. The van der Waals surface area contributed by atoms with E-state index < -0.39 is 16.1 Å². The lowest BCUT2D eigenvalue weighted by molar-refractivity contribution is 0.166. The van der Waals surface area contributed by atoms with Crippen LogP contribution in [-0.2, 0) is 10.0 Å². The van der Waals surface area contributed by atoms with E-state index in [2.05, 4.69) is 4.72 Å². The van der Waals surface area contributed by atoms with Gasteiger partial charge in [-0.15, -0.1) is 0 Å². The number of aryl methyl sites for hydroxylation is 1. The van der Waals surface area contributed by atoms with Gasteiger partial charge in [-0.1, -0.05) is 23.8 Å². The molecule has 1 aliphatic rings. The molecule has 1 aliphatic heterocycles. The van der Waals surface area contributed by atoms with Gasteiger partial charge in [0.05, 0.1) is 11.0 Å². The fourth-order valence-electron chi connectivity index (χ4n) is 2.42. The van der Waals surface area contributed by atoms with Gasteiger partial charge in [-0.05, 0) is 43.2 Å². The zero-order valence-corrected chi connectivity index (χ0v) is 14.0. The number of sulfonamides is 1. The van der Waals surface area contributed by atoms with Crippen LogP contribution >= 0.6 is 0 Å². The molecule has 0 aliphatic carbocycles. The Morgan fingerprint density at radius 1 is 1.12 bits per heavy atom. The summed E-state index contributed by atoms with van der Waals surface area (Å²) in [5.41, 5.74) is 1.65. The highest BCUT2D eigenvalue weighted by atomic mass is 32.2. The van der Waals surface area contributed by atoms with Gasteiger partial charge in [0, 0.05) is 6.54 Å². The third-order valence-electron chi connectivity index (χ3n) is 3.82. The lowest BCUT2D eigenvalue weighted by Crippen LogP contribution is -2.26. The minimum atomic E-state index is -3.57. The van der Waals surface area contributed by atoms with E-state index in [0.717, 1.165) is 5.56 Å². The molecule has 0 radical (unpaired) electrons. The van der Waals surface area contributed by atoms with Crippen molar-refractivity contribution in [1.29, 1.82) is 0 Å². The Morgan fingerprint density at radius 3 is 2.58 bits per heavy atom. The second-order valence-corrected chi connectivity index (χ2v) is 7.39. The molecule has 24 heavy (non-hydrogen) atoms. The van der Waals surface area contributed by atoms with Crippen molar-refractivity contribution in [3.63, 3.8) is 0 Å². The molecule has 0 aromatic heterocycles. The monoisotopic (exact) mass is 349 g/mol. The first-order chi connectivity index (χ1) is 11.5. The SMILES string of the molecule is Cc1ccc(S(=O)(=O)NCCC(O)c2ccc3c(c2)OCO3)cc1. The molecule has 1 unspecified atom stereocenters. The molecular formula is C17H19NO5S. The van der Waals surface area contributed by atoms with E-state index in [-0.39, 0.29) is 24.7 Å². The highest BCUT2D eigenvalue weighted by Gasteiger charge is 2.18. The number of aliphatic hydroxyl groups is 1. The molecule has 6 nitrogen and oxygen atoms in total. The van der Waals surface area contributed by atoms with Gasteiger partial charge in [-0.25, -0.2) is 13.1 Å². The molecule has 2 aromatic rings. The van der Waals surface area contributed by atoms with Crippen LogP contribution in [0.3, 0.4) is 0 Å². The third kappa shape index (κ3) is 3.69. The van der Waals surface area contributed by atoms with Crippen molar-refractivity contribution in [3.05, 3.63) is 53.6 Å². The van der Waals surface area contributed by atoms with Crippen molar-refractivity contribution in [1.82, 2.24) is 4.72 Å². The van der Waals surface area contributed by atoms with Gasteiger partial charge in [-0.2, -0.15) is 0 Å². The molecule has 0 bridgehead atoms. The first-order valence-electron chi connectivity index (χ1n) is 7.60. The van der Waals surface area contributed by atoms with Crippen LogP contribution in [0.25, 0.3) is 0 Å². The van der Waals surface area contributed by atoms with Crippen molar-refractivity contribution in [2.75, 3.05) is 13.3 Å². The van der Waals surface area contributed by atoms with E-state index in [9.17, 15) is 13.5 Å². The first-order valence-corrected chi connectivity index (χ1v) is 9.08. The Labute approximate surface area is 141 Å². The Hall–Kier alpha value is -2.09. The van der Waals surface area contributed by atoms with E-state index >= 15 is 0 Å². The molecule has 7 heteroatoms. The molecule has 0 saturated carbocycles. The molecule has 0 saturated heterocycles. The van der Waals surface area contributed by atoms with E-state index in [1.807, 2.05) is 6.92 Å². The van der Waals surface area contributed by atoms with Crippen LogP contribution in [0.2, 0.25) is 0 Å². The van der Waals surface area contributed by atoms with E-state index in [0.29, 0.717) is 17.1 Å². The lowest BCUT2D eigenvalue weighted by atomic mass is 10.1. The van der Waals surface area contributed by atoms with Gasteiger partial charge in [0.1, 0.15) is 0 Å². The summed E-state index contributed by atoms with van der Waals surface area (Å²) >= 11 is 0. The summed E-state index contributed by atoms with van der Waals surface area (Å²) in [5, 5.41) is 10.2. The normalized spacial score (nSPS) is 14.6. The van der Waals surface area contributed by atoms with Crippen LogP contribution in [0, 0.1) is 6.92 Å². The highest BCUT2D eigenvalue weighted by molar-refractivity contribution is 7.89. The molecular weight excluding hydrogens is 330 g/mol. The Kier molecular flexibility index (Phi) is 4.75. The number of rotatable bonds is 6. The number of hydrogen-bond acceptors (Lipinski definition) is 5. The fourth-order valence-corrected chi connectivity index (χ4v) is 3.47. The lowest BCUT2D eigenvalue weighted by Gasteiger charge is -2.12. The molecule has 2 aromatic carbocycles. The summed E-state index contributed by atoms with van der Waals surface area (Å²) in [6.07, 6.45) is -0.537. The highest BCUT2D eigenvalue weighted by Crippen LogP contribution is 2.34. The summed E-state index contributed by atoms with van der Waals surface area (Å²) in [6.45, 7) is 2.20. The van der Waals surface area contributed by atoms with Gasteiger partial charge in [0.2, 0.25) is 16.8 Å². The molecule has 2 N–H and O–H groups in total. The molecule has 0 amide bonds. The number of benzene rings is 2. The second kappa shape index (κ2) is 6.80. The average Bonchev–Trinajstić information content (AvgIpc) is 3.02. The predicted octanol–water partition coefficient (Wildman–Crippen LogP) is 2.13. The van der Waals surface area contributed by atoms with Crippen molar-refractivity contribution in [2.45, 2.75) is 24.3 Å². The number of hydrogen-bond donors (Lipinski definition) is 2. The topological polar surface area (TPSA) is 84.9 Å². The maximum atomic E-state index is 12.2. The number of ether oxygens (including phenoxy) is 2. The van der Waals surface area contributed by atoms with Crippen LogP contribution in [0.5, 0.6) is 11.5 Å². The average molecular weight is 349 g/mol. The van der Waals surface area contributed by atoms with E-state index in [1.165, 1.54) is 0 Å². The van der Waals surface area contributed by atoms with Gasteiger partial charge in [0.15, 0.2) is 11.5 Å². The minimum absolute atomic E-state index is 0.131. The Balaban J connectivity index is 1.58. The number of fused-ring (bicyclic) bond motifs is 1. The summed E-state index contributed by atoms with van der Waals surface area (Å²) < 4.78 is 37.4. The standard InChI is InChI=1S/C17H19NO5S/c1-12-2-5-14(6-3-12)24(20,21)18-9-8-15(19)13-4-7-16-17(10-13)23-11-22-16/h2-7,10,15,18-19H,8-9,11H2,1H3. The van der Waals surface area contributed by atoms with E-state index in [4.69, 9.17) is 9.47 Å². The van der Waals surface area contributed by atoms with Crippen molar-refractivity contribution in [3.8, 4) is 11.5 Å². The van der Waals surface area contributed by atoms with Crippen LogP contribution in [-0.4, -0.2) is 26.9 Å². The Morgan fingerprint density at radius 2 is 1.83 bits per heavy atom. The molecule has 128 valence electrons. The minimum Gasteiger partial charge on any atom is -0.454 e. The van der Waals surface area contributed by atoms with E-state index in [1.54, 1.807) is 42.5 Å². The summed E-state index contributed by atoms with van der Waals surface area (Å²) in [5.74, 6) is 1.23. The second-order valence-electron chi connectivity index (χ2n) is 5.63. The first kappa shape index (κ1) is 16.8. The van der Waals surface area contributed by atoms with Gasteiger partial charge >= 0.3 is 0 Å². The van der Waals surface area contributed by atoms with Crippen molar-refractivity contribution in [2.24, 2.45) is 0 Å². The zero-order chi connectivity index (χ0) is 17.2. The molecule has 3 rings (SSSR count). The largest absolute Gasteiger partial charge is 0.454 e. The van der Waals surface area contributed by atoms with Gasteiger partial charge in [-0.3, -0.25) is 0 Å². The zero-order valence-electron chi connectivity index (χ0n) is 13.2. The van der Waals surface area contributed by atoms with Crippen LogP contribution in [0.1, 0.15) is 23.7 Å². The molecule has 1 atom stereocenters. The quantitative estimate of drug-likeness (QED) is 0.834. The molecule has 0 fully saturated rings. The summed E-state index contributed by atoms with van der Waals surface area (Å²) in [6, 6.07) is 11.8.